The molecule has 1 saturated heterocycles. The van der Waals surface area contributed by atoms with Gasteiger partial charge in [0.25, 0.3) is 0 Å². The Morgan fingerprint density at radius 1 is 1.45 bits per heavy atom. The van der Waals surface area contributed by atoms with E-state index in [1.807, 2.05) is 0 Å². The summed E-state index contributed by atoms with van der Waals surface area (Å²) in [5.41, 5.74) is 5.51. The molecule has 2 heterocycles. The molecule has 20 heavy (non-hydrogen) atoms. The zero-order valence-corrected chi connectivity index (χ0v) is 13.3. The van der Waals surface area contributed by atoms with E-state index in [4.69, 9.17) is 17.3 Å². The number of rotatable bonds is 4. The van der Waals surface area contributed by atoms with Crippen LogP contribution in [0.4, 0.5) is 11.8 Å². The molecular weight excluding hydrogens is 298 g/mol. The van der Waals surface area contributed by atoms with Crippen molar-refractivity contribution in [1.29, 1.82) is 0 Å². The van der Waals surface area contributed by atoms with E-state index in [2.05, 4.69) is 34.0 Å². The molecule has 2 rings (SSSR count). The number of nitrogens with one attached hydrogen (secondary N) is 1. The predicted molar refractivity (Wildman–Crippen MR) is 83.5 cm³/mol. The lowest BCUT2D eigenvalue weighted by molar-refractivity contribution is 0.145. The van der Waals surface area contributed by atoms with Gasteiger partial charge in [-0.05, 0) is 13.8 Å². The minimum Gasteiger partial charge on any atom is -0.368 e. The van der Waals surface area contributed by atoms with E-state index in [1.54, 1.807) is 6.07 Å². The second-order valence-corrected chi connectivity index (χ2v) is 7.52. The zero-order valence-electron chi connectivity index (χ0n) is 11.7. The summed E-state index contributed by atoms with van der Waals surface area (Å²) in [4.78, 5) is 10.3. The van der Waals surface area contributed by atoms with Gasteiger partial charge in [0, 0.05) is 53.5 Å². The maximum atomic E-state index is 11.4. The van der Waals surface area contributed by atoms with Crippen LogP contribution in [0.1, 0.15) is 13.8 Å². The Bertz CT molecular complexity index is 480. The molecule has 0 amide bonds. The van der Waals surface area contributed by atoms with Gasteiger partial charge in [-0.1, -0.05) is 11.6 Å². The average Bonchev–Trinajstić information content (AvgIpc) is 2.36. The molecule has 0 aliphatic carbocycles. The highest BCUT2D eigenvalue weighted by Crippen LogP contribution is 2.19. The van der Waals surface area contributed by atoms with Gasteiger partial charge in [-0.15, -0.1) is 0 Å². The van der Waals surface area contributed by atoms with Crippen molar-refractivity contribution < 1.29 is 4.21 Å². The lowest BCUT2D eigenvalue weighted by atomic mass is 10.0. The van der Waals surface area contributed by atoms with Gasteiger partial charge in [-0.2, -0.15) is 4.98 Å². The Morgan fingerprint density at radius 2 is 2.10 bits per heavy atom. The first-order chi connectivity index (χ1) is 9.37. The summed E-state index contributed by atoms with van der Waals surface area (Å²) in [6.45, 7) is 6.72. The molecule has 3 N–H and O–H groups in total. The summed E-state index contributed by atoms with van der Waals surface area (Å²) in [5, 5.41) is 3.57. The molecule has 1 aliphatic rings. The highest BCUT2D eigenvalue weighted by atomic mass is 35.5. The van der Waals surface area contributed by atoms with Crippen molar-refractivity contribution in [3.8, 4) is 0 Å². The molecule has 1 fully saturated rings. The first kappa shape index (κ1) is 15.5. The van der Waals surface area contributed by atoms with Crippen LogP contribution >= 0.6 is 11.6 Å². The Labute approximate surface area is 126 Å². The van der Waals surface area contributed by atoms with Crippen molar-refractivity contribution in [2.75, 3.05) is 42.2 Å². The summed E-state index contributed by atoms with van der Waals surface area (Å²) in [7, 11) is -0.658. The van der Waals surface area contributed by atoms with Crippen LogP contribution in [-0.4, -0.2) is 55.8 Å². The van der Waals surface area contributed by atoms with Crippen LogP contribution in [0.5, 0.6) is 0 Å². The first-order valence-electron chi connectivity index (χ1n) is 6.51. The molecule has 0 unspecified atom stereocenters. The number of anilines is 2. The van der Waals surface area contributed by atoms with Crippen LogP contribution in [0.2, 0.25) is 5.15 Å². The third-order valence-corrected chi connectivity index (χ3v) is 4.92. The summed E-state index contributed by atoms with van der Waals surface area (Å²) in [6, 6.07) is 1.65. The molecule has 0 spiro atoms. The number of nitrogens with two attached hydrogens (primary N) is 1. The van der Waals surface area contributed by atoms with Crippen molar-refractivity contribution >= 4 is 34.2 Å². The molecule has 0 atom stereocenters. The largest absolute Gasteiger partial charge is 0.368 e. The minimum absolute atomic E-state index is 0.0587. The smallest absolute Gasteiger partial charge is 0.223 e. The van der Waals surface area contributed by atoms with E-state index in [9.17, 15) is 4.21 Å². The lowest BCUT2D eigenvalue weighted by Gasteiger charge is -2.40. The predicted octanol–water partition coefficient (Wildman–Crippen LogP) is 0.967. The number of hydrogen-bond acceptors (Lipinski definition) is 6. The van der Waals surface area contributed by atoms with Crippen molar-refractivity contribution in [3.63, 3.8) is 0 Å². The molecule has 0 aromatic carbocycles. The van der Waals surface area contributed by atoms with Gasteiger partial charge in [-0.3, -0.25) is 9.11 Å². The van der Waals surface area contributed by atoms with E-state index in [0.29, 0.717) is 17.5 Å². The number of halogens is 1. The highest BCUT2D eigenvalue weighted by molar-refractivity contribution is 7.85. The van der Waals surface area contributed by atoms with E-state index < -0.39 is 10.8 Å². The Morgan fingerprint density at radius 3 is 2.70 bits per heavy atom. The molecule has 1 aromatic heterocycles. The molecule has 112 valence electrons. The van der Waals surface area contributed by atoms with Crippen LogP contribution in [0.25, 0.3) is 0 Å². The number of aromatic nitrogens is 2. The number of hydrogen-bond donors (Lipinski definition) is 2. The molecule has 6 nitrogen and oxygen atoms in total. The van der Waals surface area contributed by atoms with Crippen LogP contribution in [0, 0.1) is 0 Å². The van der Waals surface area contributed by atoms with Crippen LogP contribution in [0.3, 0.4) is 0 Å². The van der Waals surface area contributed by atoms with E-state index in [0.717, 1.165) is 24.6 Å². The summed E-state index contributed by atoms with van der Waals surface area (Å²) >= 11 is 5.85. The quantitative estimate of drug-likeness (QED) is 0.805. The van der Waals surface area contributed by atoms with Gasteiger partial charge >= 0.3 is 0 Å². The summed E-state index contributed by atoms with van der Waals surface area (Å²) in [5.74, 6) is 2.27. The van der Waals surface area contributed by atoms with Crippen molar-refractivity contribution in [2.45, 2.75) is 19.4 Å². The average molecular weight is 318 g/mol. The fourth-order valence-electron chi connectivity index (χ4n) is 2.19. The van der Waals surface area contributed by atoms with E-state index in [1.165, 1.54) is 0 Å². The summed E-state index contributed by atoms with van der Waals surface area (Å²) in [6.07, 6.45) is 0. The Kier molecular flexibility index (Phi) is 4.82. The van der Waals surface area contributed by atoms with Gasteiger partial charge in [0.15, 0.2) is 0 Å². The molecule has 0 saturated carbocycles. The molecule has 0 bridgehead atoms. The van der Waals surface area contributed by atoms with Gasteiger partial charge in [0.1, 0.15) is 11.0 Å². The molecule has 1 aromatic rings. The fraction of sp³-hybridized carbons (Fsp3) is 0.667. The highest BCUT2D eigenvalue weighted by Gasteiger charge is 2.29. The Hall–Kier alpha value is -0.920. The Balaban J connectivity index is 1.96. The standard InChI is InChI=1S/C12H20ClN5OS/c1-12(2,18-3-5-20(19)6-4-18)8-15-10-7-9(13)16-11(14)17-10/h7H,3-6,8H2,1-2H3,(H3,14,15,16,17). The number of nitrogens with zero attached hydrogens (tertiary/aromatic N) is 3. The van der Waals surface area contributed by atoms with Gasteiger partial charge in [0.2, 0.25) is 5.95 Å². The lowest BCUT2D eigenvalue weighted by Crippen LogP contribution is -2.53. The molecular formula is C12H20ClN5OS. The van der Waals surface area contributed by atoms with Gasteiger partial charge in [0.05, 0.1) is 0 Å². The van der Waals surface area contributed by atoms with Crippen LogP contribution < -0.4 is 11.1 Å². The fourth-order valence-corrected chi connectivity index (χ4v) is 3.43. The van der Waals surface area contributed by atoms with Crippen LogP contribution in [0.15, 0.2) is 6.07 Å². The summed E-state index contributed by atoms with van der Waals surface area (Å²) < 4.78 is 11.4. The van der Waals surface area contributed by atoms with Crippen molar-refractivity contribution in [1.82, 2.24) is 14.9 Å². The van der Waals surface area contributed by atoms with Crippen molar-refractivity contribution in [3.05, 3.63) is 11.2 Å². The second-order valence-electron chi connectivity index (χ2n) is 5.44. The van der Waals surface area contributed by atoms with E-state index in [-0.39, 0.29) is 11.5 Å². The molecule has 8 heteroatoms. The van der Waals surface area contributed by atoms with Crippen LogP contribution in [-0.2, 0) is 10.8 Å². The van der Waals surface area contributed by atoms with Gasteiger partial charge in [-0.25, -0.2) is 4.98 Å². The number of nitrogen functional groups attached to an aromatic ring is 1. The monoisotopic (exact) mass is 317 g/mol. The molecule has 1 aliphatic heterocycles. The topological polar surface area (TPSA) is 84.1 Å². The molecule has 0 radical (unpaired) electrons. The third kappa shape index (κ3) is 4.04. The maximum Gasteiger partial charge on any atom is 0.223 e. The van der Waals surface area contributed by atoms with E-state index >= 15 is 0 Å². The van der Waals surface area contributed by atoms with Gasteiger partial charge < -0.3 is 11.1 Å². The van der Waals surface area contributed by atoms with Crippen molar-refractivity contribution in [2.24, 2.45) is 0 Å². The SMILES string of the molecule is CC(C)(CNc1cc(Cl)nc(N)n1)N1CCS(=O)CC1. The third-order valence-electron chi connectivity index (χ3n) is 3.45. The zero-order chi connectivity index (χ0) is 14.8. The normalized spacial score (nSPS) is 18.1. The first-order valence-corrected chi connectivity index (χ1v) is 8.37. The minimum atomic E-state index is -0.658. The second kappa shape index (κ2) is 6.24. The maximum absolute atomic E-state index is 11.4.